The lowest BCUT2D eigenvalue weighted by Crippen LogP contribution is -2.06. The van der Waals surface area contributed by atoms with Gasteiger partial charge in [-0.1, -0.05) is 36.0 Å². The van der Waals surface area contributed by atoms with Crippen molar-refractivity contribution < 1.29 is 9.66 Å². The van der Waals surface area contributed by atoms with Gasteiger partial charge in [0.2, 0.25) is 0 Å². The Morgan fingerprint density at radius 2 is 1.86 bits per heavy atom. The molecule has 176 valence electrons. The molecule has 0 amide bonds. The number of hydrogen-bond acceptors (Lipinski definition) is 6. The van der Waals surface area contributed by atoms with Crippen LogP contribution < -0.4 is 4.74 Å². The van der Waals surface area contributed by atoms with Crippen molar-refractivity contribution in [1.82, 2.24) is 19.7 Å². The number of nitrogens with zero attached hydrogens (tertiary/aromatic N) is 4. The standard InChI is InChI=1S/C26H23N5O3S/c1-17-8-10-22(12-18(17)2)34-15-25-28-29-26(30(25)20-6-4-3-5-7-20)35-16-19-14-27-24-13-21(31(32)33)9-11-23(19)24/h3-14,27H,15-16H2,1-2H3. The minimum absolute atomic E-state index is 0.0655. The molecule has 0 atom stereocenters. The number of nitrogens with one attached hydrogen (secondary N) is 1. The zero-order chi connectivity index (χ0) is 24.4. The van der Waals surface area contributed by atoms with Crippen molar-refractivity contribution in [2.45, 2.75) is 31.4 Å². The fourth-order valence-corrected chi connectivity index (χ4v) is 4.79. The highest BCUT2D eigenvalue weighted by Gasteiger charge is 2.17. The lowest BCUT2D eigenvalue weighted by Gasteiger charge is -2.12. The summed E-state index contributed by atoms with van der Waals surface area (Å²) in [6.07, 6.45) is 1.88. The summed E-state index contributed by atoms with van der Waals surface area (Å²) in [5.74, 6) is 2.12. The Bertz CT molecular complexity index is 1510. The van der Waals surface area contributed by atoms with Crippen LogP contribution in [-0.2, 0) is 12.4 Å². The van der Waals surface area contributed by atoms with Gasteiger partial charge >= 0.3 is 0 Å². The van der Waals surface area contributed by atoms with Crippen molar-refractivity contribution in [3.63, 3.8) is 0 Å². The number of fused-ring (bicyclic) bond motifs is 1. The molecule has 2 heterocycles. The minimum Gasteiger partial charge on any atom is -0.486 e. The summed E-state index contributed by atoms with van der Waals surface area (Å²) in [6, 6.07) is 20.8. The van der Waals surface area contributed by atoms with Crippen LogP contribution in [-0.4, -0.2) is 24.7 Å². The average Bonchev–Trinajstić information content (AvgIpc) is 3.47. The molecule has 0 fully saturated rings. The van der Waals surface area contributed by atoms with E-state index in [0.717, 1.165) is 33.1 Å². The van der Waals surface area contributed by atoms with Crippen LogP contribution in [0.5, 0.6) is 5.75 Å². The van der Waals surface area contributed by atoms with Crippen LogP contribution in [0.1, 0.15) is 22.5 Å². The molecule has 0 saturated heterocycles. The number of nitro benzene ring substituents is 1. The lowest BCUT2D eigenvalue weighted by molar-refractivity contribution is -0.384. The number of rotatable bonds is 8. The summed E-state index contributed by atoms with van der Waals surface area (Å²) in [4.78, 5) is 13.8. The first-order chi connectivity index (χ1) is 17.0. The molecule has 35 heavy (non-hydrogen) atoms. The van der Waals surface area contributed by atoms with E-state index in [1.54, 1.807) is 23.9 Å². The number of aryl methyl sites for hydroxylation is 2. The van der Waals surface area contributed by atoms with Gasteiger partial charge in [0.1, 0.15) is 12.4 Å². The molecular weight excluding hydrogens is 462 g/mol. The number of ether oxygens (including phenoxy) is 1. The smallest absolute Gasteiger partial charge is 0.271 e. The summed E-state index contributed by atoms with van der Waals surface area (Å²) in [5, 5.41) is 21.6. The highest BCUT2D eigenvalue weighted by atomic mass is 32.2. The number of aromatic nitrogens is 4. The molecule has 0 spiro atoms. The molecule has 0 radical (unpaired) electrons. The molecular formula is C26H23N5O3S. The normalized spacial score (nSPS) is 11.1. The molecule has 3 aromatic carbocycles. The number of para-hydroxylation sites is 1. The monoisotopic (exact) mass is 485 g/mol. The Labute approximate surface area is 206 Å². The predicted molar refractivity (Wildman–Crippen MR) is 136 cm³/mol. The van der Waals surface area contributed by atoms with Crippen LogP contribution in [0.3, 0.4) is 0 Å². The third-order valence-corrected chi connectivity index (χ3v) is 6.86. The molecule has 0 aliphatic heterocycles. The van der Waals surface area contributed by atoms with Crippen molar-refractivity contribution in [3.8, 4) is 11.4 Å². The SMILES string of the molecule is Cc1ccc(OCc2nnc(SCc3c[nH]c4cc([N+](=O)[O-])ccc34)n2-c2ccccc2)cc1C. The maximum atomic E-state index is 11.1. The van der Waals surface area contributed by atoms with Gasteiger partial charge in [-0.05, 0) is 60.9 Å². The number of benzene rings is 3. The summed E-state index contributed by atoms with van der Waals surface area (Å²) < 4.78 is 8.05. The van der Waals surface area contributed by atoms with E-state index in [1.165, 1.54) is 17.2 Å². The predicted octanol–water partition coefficient (Wildman–Crippen LogP) is 6.14. The molecule has 2 aromatic heterocycles. The largest absolute Gasteiger partial charge is 0.486 e. The molecule has 8 nitrogen and oxygen atoms in total. The molecule has 0 bridgehead atoms. The molecule has 5 rings (SSSR count). The van der Waals surface area contributed by atoms with E-state index in [-0.39, 0.29) is 12.3 Å². The van der Waals surface area contributed by atoms with Gasteiger partial charge in [0.15, 0.2) is 11.0 Å². The molecule has 1 N–H and O–H groups in total. The first kappa shape index (κ1) is 22.7. The van der Waals surface area contributed by atoms with E-state index in [9.17, 15) is 10.1 Å². The first-order valence-electron chi connectivity index (χ1n) is 11.1. The van der Waals surface area contributed by atoms with Crippen molar-refractivity contribution in [2.75, 3.05) is 0 Å². The summed E-state index contributed by atoms with van der Waals surface area (Å²) >= 11 is 1.55. The van der Waals surface area contributed by atoms with E-state index in [4.69, 9.17) is 4.74 Å². The zero-order valence-electron chi connectivity index (χ0n) is 19.3. The van der Waals surface area contributed by atoms with E-state index < -0.39 is 4.92 Å². The second-order valence-corrected chi connectivity index (χ2v) is 9.14. The first-order valence-corrected chi connectivity index (χ1v) is 12.0. The topological polar surface area (TPSA) is 98.9 Å². The molecule has 0 unspecified atom stereocenters. The highest BCUT2D eigenvalue weighted by molar-refractivity contribution is 7.98. The number of H-pyrrole nitrogens is 1. The van der Waals surface area contributed by atoms with E-state index in [2.05, 4.69) is 29.0 Å². The van der Waals surface area contributed by atoms with E-state index >= 15 is 0 Å². The van der Waals surface area contributed by atoms with Crippen LogP contribution in [0, 0.1) is 24.0 Å². The van der Waals surface area contributed by atoms with Gasteiger partial charge < -0.3 is 9.72 Å². The fraction of sp³-hybridized carbons (Fsp3) is 0.154. The lowest BCUT2D eigenvalue weighted by atomic mass is 10.1. The van der Waals surface area contributed by atoms with Crippen molar-refractivity contribution in [1.29, 1.82) is 0 Å². The summed E-state index contributed by atoms with van der Waals surface area (Å²) in [7, 11) is 0. The van der Waals surface area contributed by atoms with Crippen LogP contribution in [0.25, 0.3) is 16.6 Å². The van der Waals surface area contributed by atoms with Crippen LogP contribution in [0.15, 0.2) is 78.1 Å². The molecule has 0 saturated carbocycles. The van der Waals surface area contributed by atoms with Gasteiger partial charge in [-0.25, -0.2) is 0 Å². The number of hydrogen-bond donors (Lipinski definition) is 1. The second kappa shape index (κ2) is 9.63. The number of non-ortho nitro benzene ring substituents is 1. The van der Waals surface area contributed by atoms with Crippen molar-refractivity contribution in [2.24, 2.45) is 0 Å². The van der Waals surface area contributed by atoms with Crippen LogP contribution in [0.2, 0.25) is 0 Å². The van der Waals surface area contributed by atoms with Gasteiger partial charge in [-0.15, -0.1) is 10.2 Å². The maximum Gasteiger partial charge on any atom is 0.271 e. The molecule has 9 heteroatoms. The fourth-order valence-electron chi connectivity index (χ4n) is 3.82. The van der Waals surface area contributed by atoms with Crippen molar-refractivity contribution in [3.05, 3.63) is 106 Å². The maximum absolute atomic E-state index is 11.1. The highest BCUT2D eigenvalue weighted by Crippen LogP contribution is 2.30. The van der Waals surface area contributed by atoms with Gasteiger partial charge in [-0.3, -0.25) is 14.7 Å². The second-order valence-electron chi connectivity index (χ2n) is 8.19. The van der Waals surface area contributed by atoms with Crippen molar-refractivity contribution >= 4 is 28.4 Å². The Hall–Kier alpha value is -4.11. The molecule has 5 aromatic rings. The number of aromatic amines is 1. The third kappa shape index (κ3) is 4.76. The third-order valence-electron chi connectivity index (χ3n) is 5.88. The van der Waals surface area contributed by atoms with Gasteiger partial charge in [-0.2, -0.15) is 0 Å². The quantitative estimate of drug-likeness (QED) is 0.161. The Kier molecular flexibility index (Phi) is 6.24. The number of thioether (sulfide) groups is 1. The van der Waals surface area contributed by atoms with Gasteiger partial charge in [0.05, 0.1) is 10.4 Å². The van der Waals surface area contributed by atoms with Crippen LogP contribution in [0.4, 0.5) is 5.69 Å². The summed E-state index contributed by atoms with van der Waals surface area (Å²) in [6.45, 7) is 4.41. The Morgan fingerprint density at radius 3 is 2.63 bits per heavy atom. The molecule has 0 aliphatic carbocycles. The van der Waals surface area contributed by atoms with Gasteiger partial charge in [0.25, 0.3) is 5.69 Å². The Morgan fingerprint density at radius 1 is 1.03 bits per heavy atom. The van der Waals surface area contributed by atoms with Crippen LogP contribution >= 0.6 is 11.8 Å². The summed E-state index contributed by atoms with van der Waals surface area (Å²) in [5.41, 5.74) is 5.18. The Balaban J connectivity index is 1.40. The average molecular weight is 486 g/mol. The minimum atomic E-state index is -0.390. The molecule has 0 aliphatic rings. The van der Waals surface area contributed by atoms with Gasteiger partial charge in [0, 0.05) is 35.2 Å². The zero-order valence-corrected chi connectivity index (χ0v) is 20.1. The van der Waals surface area contributed by atoms with E-state index in [0.29, 0.717) is 11.6 Å². The number of nitro groups is 1. The van der Waals surface area contributed by atoms with E-state index in [1.807, 2.05) is 59.3 Å².